The average molecular weight is 489 g/mol. The molecule has 3 aromatic rings. The Labute approximate surface area is 208 Å². The number of carbonyl (C=O) groups excluding carboxylic acids is 2. The molecule has 0 spiro atoms. The molecule has 0 unspecified atom stereocenters. The molecule has 1 aromatic carbocycles. The molecule has 4 heterocycles. The number of allylic oxidation sites excluding steroid dienone is 1. The first-order valence-corrected chi connectivity index (χ1v) is 12.0. The van der Waals surface area contributed by atoms with Gasteiger partial charge in [0.15, 0.2) is 11.3 Å². The molecule has 1 saturated heterocycles. The van der Waals surface area contributed by atoms with Crippen molar-refractivity contribution in [3.05, 3.63) is 76.6 Å². The molecule has 0 atom stereocenters. The lowest BCUT2D eigenvalue weighted by molar-refractivity contribution is -0.139. The van der Waals surface area contributed by atoms with Crippen LogP contribution >= 0.6 is 0 Å². The third-order valence-electron chi connectivity index (χ3n) is 6.19. The van der Waals surface area contributed by atoms with Gasteiger partial charge in [0, 0.05) is 48.7 Å². The number of anilines is 1. The van der Waals surface area contributed by atoms with Crippen molar-refractivity contribution in [2.75, 3.05) is 38.2 Å². The minimum Gasteiger partial charge on any atom is -0.462 e. The van der Waals surface area contributed by atoms with Gasteiger partial charge in [-0.3, -0.25) is 9.69 Å². The van der Waals surface area contributed by atoms with E-state index in [9.17, 15) is 9.59 Å². The number of aromatic nitrogens is 2. The summed E-state index contributed by atoms with van der Waals surface area (Å²) in [6, 6.07) is 9.76. The van der Waals surface area contributed by atoms with Crippen LogP contribution in [0.5, 0.6) is 0 Å². The molecule has 5 rings (SSSR count). The van der Waals surface area contributed by atoms with Gasteiger partial charge in [-0.25, -0.2) is 9.78 Å². The lowest BCUT2D eigenvalue weighted by Crippen LogP contribution is -2.35. The van der Waals surface area contributed by atoms with E-state index in [-0.39, 0.29) is 23.8 Å². The van der Waals surface area contributed by atoms with Gasteiger partial charge in [0.05, 0.1) is 19.8 Å². The number of hydrogen-bond donors (Lipinski definition) is 2. The van der Waals surface area contributed by atoms with Crippen molar-refractivity contribution in [1.29, 1.82) is 0 Å². The van der Waals surface area contributed by atoms with E-state index in [1.165, 1.54) is 5.56 Å². The normalized spacial score (nSPS) is 17.6. The number of nitrogens with one attached hydrogen (secondary N) is 2. The molecule has 0 bridgehead atoms. The van der Waals surface area contributed by atoms with Crippen LogP contribution in [0.4, 0.5) is 5.69 Å². The maximum absolute atomic E-state index is 13.2. The Balaban J connectivity index is 1.40. The number of aromatic amines is 1. The second-order valence-electron chi connectivity index (χ2n) is 8.67. The zero-order valence-electron chi connectivity index (χ0n) is 20.3. The van der Waals surface area contributed by atoms with Gasteiger partial charge in [-0.15, -0.1) is 0 Å². The predicted octanol–water partition coefficient (Wildman–Crippen LogP) is 3.53. The van der Waals surface area contributed by atoms with Crippen LogP contribution in [0.2, 0.25) is 0 Å². The van der Waals surface area contributed by atoms with Crippen molar-refractivity contribution in [3.63, 3.8) is 0 Å². The lowest BCUT2D eigenvalue weighted by Gasteiger charge is -2.26. The minimum atomic E-state index is -0.726. The quantitative estimate of drug-likeness (QED) is 0.296. The van der Waals surface area contributed by atoms with Crippen LogP contribution in [-0.2, 0) is 30.3 Å². The Morgan fingerprint density at radius 1 is 1.28 bits per heavy atom. The summed E-state index contributed by atoms with van der Waals surface area (Å²) in [5.74, 6) is -1.16. The van der Waals surface area contributed by atoms with Crippen LogP contribution in [0.3, 0.4) is 0 Å². The summed E-state index contributed by atoms with van der Waals surface area (Å²) in [5, 5.41) is 3.99. The first kappa shape index (κ1) is 23.8. The van der Waals surface area contributed by atoms with Crippen LogP contribution in [0.25, 0.3) is 17.1 Å². The number of ketones is 1. The van der Waals surface area contributed by atoms with Crippen molar-refractivity contribution in [2.24, 2.45) is 0 Å². The van der Waals surface area contributed by atoms with E-state index >= 15 is 0 Å². The van der Waals surface area contributed by atoms with Crippen LogP contribution in [0, 0.1) is 6.92 Å². The van der Waals surface area contributed by atoms with E-state index in [1.54, 1.807) is 25.4 Å². The molecule has 9 nitrogen and oxygen atoms in total. The standard InChI is InChI=1S/C27H28N4O5/c1-3-35-27(33)23-24(32)22(14-19-15-29-25-20(19)5-4-8-28-25)36-26(23)30-21-7-6-18(13-17(21)2)16-31-9-11-34-12-10-31/h4-8,13-15,30H,3,9-12,16H2,1-2H3,(H,28,29)/b22-14-. The number of ether oxygens (including phenoxy) is 3. The highest BCUT2D eigenvalue weighted by Gasteiger charge is 2.37. The number of fused-ring (bicyclic) bond motifs is 1. The Morgan fingerprint density at radius 3 is 2.89 bits per heavy atom. The molecule has 2 N–H and O–H groups in total. The molecular formula is C27H28N4O5. The first-order valence-electron chi connectivity index (χ1n) is 12.0. The van der Waals surface area contributed by atoms with Crippen molar-refractivity contribution in [3.8, 4) is 0 Å². The maximum atomic E-state index is 13.2. The first-order chi connectivity index (χ1) is 17.5. The monoisotopic (exact) mass is 488 g/mol. The highest BCUT2D eigenvalue weighted by atomic mass is 16.5. The predicted molar refractivity (Wildman–Crippen MR) is 135 cm³/mol. The number of morpholine rings is 1. The number of hydrogen-bond acceptors (Lipinski definition) is 8. The largest absolute Gasteiger partial charge is 0.462 e. The van der Waals surface area contributed by atoms with Gasteiger partial charge in [0.2, 0.25) is 11.7 Å². The molecule has 0 saturated carbocycles. The lowest BCUT2D eigenvalue weighted by atomic mass is 10.1. The van der Waals surface area contributed by atoms with Crippen LogP contribution in [0.1, 0.15) is 23.6 Å². The van der Waals surface area contributed by atoms with Crippen LogP contribution in [-0.4, -0.2) is 59.5 Å². The molecule has 0 amide bonds. The summed E-state index contributed by atoms with van der Waals surface area (Å²) < 4.78 is 16.5. The fourth-order valence-corrected chi connectivity index (χ4v) is 4.35. The molecular weight excluding hydrogens is 460 g/mol. The number of Topliss-reactive ketones (excluding diaryl/α,β-unsaturated/α-hetero) is 1. The van der Waals surface area contributed by atoms with Gasteiger partial charge in [0.1, 0.15) is 5.65 Å². The number of H-pyrrole nitrogens is 1. The van der Waals surface area contributed by atoms with E-state index in [1.807, 2.05) is 31.2 Å². The van der Waals surface area contributed by atoms with Gasteiger partial charge in [-0.2, -0.15) is 0 Å². The number of pyridine rings is 1. The fraction of sp³-hybridized carbons (Fsp3) is 0.296. The average Bonchev–Trinajstić information content (AvgIpc) is 3.42. The number of rotatable bonds is 7. The number of esters is 1. The number of aryl methyl sites for hydroxylation is 1. The van der Waals surface area contributed by atoms with Gasteiger partial charge in [-0.05, 0) is 49.2 Å². The highest BCUT2D eigenvalue weighted by molar-refractivity contribution is 6.26. The molecule has 2 aliphatic rings. The summed E-state index contributed by atoms with van der Waals surface area (Å²) in [4.78, 5) is 35.6. The Kier molecular flexibility index (Phi) is 6.84. The fourth-order valence-electron chi connectivity index (χ4n) is 4.35. The minimum absolute atomic E-state index is 0.0342. The van der Waals surface area contributed by atoms with Gasteiger partial charge in [0.25, 0.3) is 0 Å². The third-order valence-corrected chi connectivity index (χ3v) is 6.19. The molecule has 0 aliphatic carbocycles. The molecule has 9 heteroatoms. The molecule has 0 radical (unpaired) electrons. The van der Waals surface area contributed by atoms with Crippen molar-refractivity contribution in [2.45, 2.75) is 20.4 Å². The Morgan fingerprint density at radius 2 is 2.11 bits per heavy atom. The third kappa shape index (κ3) is 4.89. The number of benzene rings is 1. The summed E-state index contributed by atoms with van der Waals surface area (Å²) in [6.45, 7) is 7.97. The van der Waals surface area contributed by atoms with Crippen molar-refractivity contribution < 1.29 is 23.8 Å². The highest BCUT2D eigenvalue weighted by Crippen LogP contribution is 2.31. The van der Waals surface area contributed by atoms with Gasteiger partial charge in [-0.1, -0.05) is 12.1 Å². The van der Waals surface area contributed by atoms with Gasteiger partial charge >= 0.3 is 5.97 Å². The smallest absolute Gasteiger partial charge is 0.347 e. The topological polar surface area (TPSA) is 106 Å². The number of nitrogens with zero attached hydrogens (tertiary/aromatic N) is 2. The summed E-state index contributed by atoms with van der Waals surface area (Å²) in [7, 11) is 0. The molecule has 2 aromatic heterocycles. The Bertz CT molecular complexity index is 1370. The van der Waals surface area contributed by atoms with Crippen molar-refractivity contribution in [1.82, 2.24) is 14.9 Å². The molecule has 186 valence electrons. The molecule has 2 aliphatic heterocycles. The molecule has 1 fully saturated rings. The second-order valence-corrected chi connectivity index (χ2v) is 8.67. The summed E-state index contributed by atoms with van der Waals surface area (Å²) >= 11 is 0. The Hall–Kier alpha value is -3.95. The van der Waals surface area contributed by atoms with Crippen LogP contribution < -0.4 is 5.32 Å². The summed E-state index contributed by atoms with van der Waals surface area (Å²) in [5.41, 5.74) is 4.15. The van der Waals surface area contributed by atoms with Crippen LogP contribution in [0.15, 0.2) is 59.9 Å². The van der Waals surface area contributed by atoms with E-state index in [2.05, 4.69) is 26.3 Å². The second kappa shape index (κ2) is 10.3. The maximum Gasteiger partial charge on any atom is 0.347 e. The molecule has 36 heavy (non-hydrogen) atoms. The van der Waals surface area contributed by atoms with Crippen molar-refractivity contribution >= 4 is 34.5 Å². The SMILES string of the molecule is CCOC(=O)C1=C(Nc2ccc(CN3CCOCC3)cc2C)O/C(=C\c2c[nH]c3ncccc23)C1=O. The zero-order chi connectivity index (χ0) is 25.1. The van der Waals surface area contributed by atoms with E-state index in [0.29, 0.717) is 5.65 Å². The van der Waals surface area contributed by atoms with E-state index < -0.39 is 11.8 Å². The summed E-state index contributed by atoms with van der Waals surface area (Å²) in [6.07, 6.45) is 5.03. The van der Waals surface area contributed by atoms with E-state index in [0.717, 1.165) is 55.0 Å². The number of carbonyl (C=O) groups is 2. The van der Waals surface area contributed by atoms with Gasteiger partial charge < -0.3 is 24.5 Å². The zero-order valence-corrected chi connectivity index (χ0v) is 20.3. The van der Waals surface area contributed by atoms with E-state index in [4.69, 9.17) is 14.2 Å².